The molecule has 1 aliphatic heterocycles. The first-order valence-corrected chi connectivity index (χ1v) is 8.74. The topological polar surface area (TPSA) is 51.9 Å². The molecule has 2 aromatic carbocycles. The van der Waals surface area contributed by atoms with Gasteiger partial charge in [0.05, 0.1) is 11.9 Å². The van der Waals surface area contributed by atoms with Gasteiger partial charge in [0.15, 0.2) is 11.5 Å². The minimum absolute atomic E-state index is 0.241. The minimum Gasteiger partial charge on any atom is -0.454 e. The Bertz CT molecular complexity index is 1120. The molecule has 0 fully saturated rings. The van der Waals surface area contributed by atoms with Gasteiger partial charge in [0, 0.05) is 24.4 Å². The number of aromatic nitrogens is 3. The SMILES string of the molecule is CN(c1ccc2c(c1)OCO2)c1nn2c(-c3cccc(F)c3)cnc2s1. The molecule has 130 valence electrons. The van der Waals surface area contributed by atoms with Gasteiger partial charge in [0.2, 0.25) is 16.9 Å². The van der Waals surface area contributed by atoms with Gasteiger partial charge >= 0.3 is 0 Å². The lowest BCUT2D eigenvalue weighted by molar-refractivity contribution is 0.174. The van der Waals surface area contributed by atoms with Crippen molar-refractivity contribution in [2.45, 2.75) is 0 Å². The third-order valence-electron chi connectivity index (χ3n) is 4.23. The van der Waals surface area contributed by atoms with Crippen LogP contribution >= 0.6 is 11.3 Å². The van der Waals surface area contributed by atoms with Crippen LogP contribution in [0.25, 0.3) is 16.2 Å². The van der Waals surface area contributed by atoms with E-state index in [1.54, 1.807) is 16.8 Å². The van der Waals surface area contributed by atoms with E-state index < -0.39 is 0 Å². The minimum atomic E-state index is -0.287. The highest BCUT2D eigenvalue weighted by atomic mass is 32.1. The Hall–Kier alpha value is -3.13. The van der Waals surface area contributed by atoms with E-state index in [0.29, 0.717) is 0 Å². The molecule has 1 aliphatic rings. The number of rotatable bonds is 3. The first-order valence-electron chi connectivity index (χ1n) is 7.93. The summed E-state index contributed by atoms with van der Waals surface area (Å²) in [6.07, 6.45) is 1.71. The summed E-state index contributed by atoms with van der Waals surface area (Å²) in [5, 5.41) is 5.42. The first kappa shape index (κ1) is 15.2. The maximum absolute atomic E-state index is 13.5. The quantitative estimate of drug-likeness (QED) is 0.545. The van der Waals surface area contributed by atoms with Crippen molar-refractivity contribution in [3.05, 3.63) is 54.5 Å². The summed E-state index contributed by atoms with van der Waals surface area (Å²) in [7, 11) is 1.93. The maximum Gasteiger partial charge on any atom is 0.231 e. The summed E-state index contributed by atoms with van der Waals surface area (Å²) in [5.74, 6) is 1.17. The van der Waals surface area contributed by atoms with E-state index in [4.69, 9.17) is 9.47 Å². The lowest BCUT2D eigenvalue weighted by Crippen LogP contribution is -2.09. The third-order valence-corrected chi connectivity index (χ3v) is 5.22. The van der Waals surface area contributed by atoms with E-state index in [2.05, 4.69) is 10.1 Å². The molecular formula is C18H13FN4O2S. The fourth-order valence-electron chi connectivity index (χ4n) is 2.87. The molecule has 0 saturated heterocycles. The average Bonchev–Trinajstić information content (AvgIpc) is 3.35. The molecule has 0 N–H and O–H groups in total. The lowest BCUT2D eigenvalue weighted by atomic mass is 10.2. The Labute approximate surface area is 152 Å². The van der Waals surface area contributed by atoms with Gasteiger partial charge in [0.25, 0.3) is 0 Å². The number of benzene rings is 2. The van der Waals surface area contributed by atoms with E-state index in [1.807, 2.05) is 36.2 Å². The fourth-order valence-corrected chi connectivity index (χ4v) is 3.73. The Morgan fingerprint density at radius 3 is 2.92 bits per heavy atom. The summed E-state index contributed by atoms with van der Waals surface area (Å²) in [6, 6.07) is 12.2. The zero-order valence-corrected chi connectivity index (χ0v) is 14.5. The zero-order chi connectivity index (χ0) is 17.7. The van der Waals surface area contributed by atoms with Crippen LogP contribution in [0.3, 0.4) is 0 Å². The molecule has 6 nitrogen and oxygen atoms in total. The molecule has 0 aliphatic carbocycles. The van der Waals surface area contributed by atoms with E-state index in [9.17, 15) is 4.39 Å². The molecule has 3 heterocycles. The molecule has 26 heavy (non-hydrogen) atoms. The average molecular weight is 368 g/mol. The van der Waals surface area contributed by atoms with Crippen molar-refractivity contribution in [1.82, 2.24) is 14.6 Å². The maximum atomic E-state index is 13.5. The van der Waals surface area contributed by atoms with Gasteiger partial charge in [0.1, 0.15) is 5.82 Å². The number of fused-ring (bicyclic) bond motifs is 2. The van der Waals surface area contributed by atoms with Crippen LogP contribution in [0.2, 0.25) is 0 Å². The second-order valence-electron chi connectivity index (χ2n) is 5.83. The van der Waals surface area contributed by atoms with Crippen LogP contribution in [0, 0.1) is 5.82 Å². The van der Waals surface area contributed by atoms with Gasteiger partial charge in [-0.3, -0.25) is 0 Å². The molecule has 0 bridgehead atoms. The molecule has 8 heteroatoms. The van der Waals surface area contributed by atoms with Crippen molar-refractivity contribution in [3.63, 3.8) is 0 Å². The normalized spacial score (nSPS) is 12.7. The summed E-state index contributed by atoms with van der Waals surface area (Å²) < 4.78 is 26.1. The Morgan fingerprint density at radius 2 is 2.04 bits per heavy atom. The number of ether oxygens (including phenoxy) is 2. The second-order valence-corrected chi connectivity index (χ2v) is 6.76. The van der Waals surface area contributed by atoms with Crippen LogP contribution < -0.4 is 14.4 Å². The van der Waals surface area contributed by atoms with Crippen LogP contribution in [0.4, 0.5) is 15.2 Å². The predicted octanol–water partition coefficient (Wildman–Crippen LogP) is 4.09. The standard InChI is InChI=1S/C18H13FN4O2S/c1-22(13-5-6-15-16(8-13)25-10-24-15)18-21-23-14(9-20-17(23)26-18)11-3-2-4-12(19)7-11/h2-9H,10H2,1H3. The molecule has 5 rings (SSSR count). The largest absolute Gasteiger partial charge is 0.454 e. The number of nitrogens with zero attached hydrogens (tertiary/aromatic N) is 4. The fraction of sp³-hybridized carbons (Fsp3) is 0.111. The van der Waals surface area contributed by atoms with Gasteiger partial charge in [-0.25, -0.2) is 13.9 Å². The molecule has 0 amide bonds. The molecule has 0 radical (unpaired) electrons. The van der Waals surface area contributed by atoms with Crippen LogP contribution in [0.1, 0.15) is 0 Å². The third kappa shape index (κ3) is 2.38. The summed E-state index contributed by atoms with van der Waals surface area (Å²) >= 11 is 1.45. The highest BCUT2D eigenvalue weighted by molar-refractivity contribution is 7.20. The Balaban J connectivity index is 1.54. The number of halogens is 1. The van der Waals surface area contributed by atoms with Gasteiger partial charge in [-0.15, -0.1) is 5.10 Å². The molecule has 2 aromatic heterocycles. The van der Waals surface area contributed by atoms with Crippen molar-refractivity contribution in [2.75, 3.05) is 18.7 Å². The first-order chi connectivity index (χ1) is 12.7. The Kier molecular flexibility index (Phi) is 3.32. The van der Waals surface area contributed by atoms with Crippen molar-refractivity contribution >= 4 is 27.1 Å². The van der Waals surface area contributed by atoms with Crippen LogP contribution in [0.5, 0.6) is 11.5 Å². The van der Waals surface area contributed by atoms with Crippen LogP contribution in [0.15, 0.2) is 48.7 Å². The zero-order valence-electron chi connectivity index (χ0n) is 13.7. The second kappa shape index (κ2) is 5.70. The number of hydrogen-bond acceptors (Lipinski definition) is 6. The highest BCUT2D eigenvalue weighted by Crippen LogP contribution is 2.38. The predicted molar refractivity (Wildman–Crippen MR) is 96.9 cm³/mol. The number of anilines is 2. The number of hydrogen-bond donors (Lipinski definition) is 0. The Morgan fingerprint density at radius 1 is 1.15 bits per heavy atom. The van der Waals surface area contributed by atoms with Crippen molar-refractivity contribution in [3.8, 4) is 22.8 Å². The molecule has 4 aromatic rings. The molecule has 0 spiro atoms. The summed E-state index contributed by atoms with van der Waals surface area (Å²) in [5.41, 5.74) is 2.42. The van der Waals surface area contributed by atoms with E-state index in [0.717, 1.165) is 38.5 Å². The highest BCUT2D eigenvalue weighted by Gasteiger charge is 2.18. The monoisotopic (exact) mass is 368 g/mol. The van der Waals surface area contributed by atoms with Crippen molar-refractivity contribution in [1.29, 1.82) is 0 Å². The summed E-state index contributed by atoms with van der Waals surface area (Å²) in [6.45, 7) is 0.241. The molecule has 0 unspecified atom stereocenters. The number of imidazole rings is 1. The van der Waals surface area contributed by atoms with E-state index in [-0.39, 0.29) is 12.6 Å². The van der Waals surface area contributed by atoms with Crippen LogP contribution in [-0.2, 0) is 0 Å². The van der Waals surface area contributed by atoms with Gasteiger partial charge in [-0.1, -0.05) is 23.5 Å². The van der Waals surface area contributed by atoms with E-state index >= 15 is 0 Å². The molecule has 0 atom stereocenters. The van der Waals surface area contributed by atoms with Gasteiger partial charge < -0.3 is 14.4 Å². The van der Waals surface area contributed by atoms with Crippen LogP contribution in [-0.4, -0.2) is 28.4 Å². The molecule has 0 saturated carbocycles. The molecular weight excluding hydrogens is 355 g/mol. The van der Waals surface area contributed by atoms with Crippen molar-refractivity contribution in [2.24, 2.45) is 0 Å². The smallest absolute Gasteiger partial charge is 0.231 e. The van der Waals surface area contributed by atoms with Gasteiger partial charge in [-0.2, -0.15) is 0 Å². The van der Waals surface area contributed by atoms with Gasteiger partial charge in [-0.05, 0) is 24.3 Å². The van der Waals surface area contributed by atoms with E-state index in [1.165, 1.54) is 23.5 Å². The summed E-state index contributed by atoms with van der Waals surface area (Å²) in [4.78, 5) is 7.10. The lowest BCUT2D eigenvalue weighted by Gasteiger charge is -2.15. The van der Waals surface area contributed by atoms with Crippen molar-refractivity contribution < 1.29 is 13.9 Å².